The van der Waals surface area contributed by atoms with Crippen molar-refractivity contribution in [1.82, 2.24) is 14.6 Å². The lowest BCUT2D eigenvalue weighted by atomic mass is 10.1. The lowest BCUT2D eigenvalue weighted by Gasteiger charge is -2.21. The second-order valence-corrected chi connectivity index (χ2v) is 5.81. The number of nitrogens with zero attached hydrogens (tertiary/aromatic N) is 5. The lowest BCUT2D eigenvalue weighted by Crippen LogP contribution is -2.29. The minimum atomic E-state index is 0.0244. The van der Waals surface area contributed by atoms with E-state index in [1.54, 1.807) is 22.5 Å². The standard InChI is InChI=1S/C19H19N5O/c1-3-4-10-23(14(2)25)17-7-5-6-15(11-17)18-8-9-21-19-16(12-20)13-22-24(18)19/h5-9,11,13H,3-4,10H2,1-2H3. The molecule has 6 heteroatoms. The number of carbonyl (C=O) groups is 1. The number of unbranched alkanes of at least 4 members (excludes halogenated alkanes) is 1. The van der Waals surface area contributed by atoms with Gasteiger partial charge in [-0.1, -0.05) is 25.5 Å². The van der Waals surface area contributed by atoms with Gasteiger partial charge in [-0.05, 0) is 24.6 Å². The van der Waals surface area contributed by atoms with Gasteiger partial charge in [0.05, 0.1) is 11.9 Å². The highest BCUT2D eigenvalue weighted by molar-refractivity contribution is 5.92. The molecular formula is C19H19N5O. The van der Waals surface area contributed by atoms with E-state index in [-0.39, 0.29) is 5.91 Å². The molecule has 0 saturated carbocycles. The zero-order valence-electron chi connectivity index (χ0n) is 14.3. The smallest absolute Gasteiger partial charge is 0.223 e. The summed E-state index contributed by atoms with van der Waals surface area (Å²) in [5.74, 6) is 0.0244. The van der Waals surface area contributed by atoms with Crippen LogP contribution in [0.15, 0.2) is 42.7 Å². The molecule has 2 aromatic heterocycles. The van der Waals surface area contributed by atoms with Crippen molar-refractivity contribution < 1.29 is 4.79 Å². The average Bonchev–Trinajstić information content (AvgIpc) is 3.05. The molecule has 0 spiro atoms. The average molecular weight is 333 g/mol. The van der Waals surface area contributed by atoms with Gasteiger partial charge in [0.2, 0.25) is 5.91 Å². The fourth-order valence-corrected chi connectivity index (χ4v) is 2.81. The first-order chi connectivity index (χ1) is 12.2. The molecule has 3 rings (SSSR count). The largest absolute Gasteiger partial charge is 0.313 e. The molecule has 0 aliphatic carbocycles. The van der Waals surface area contributed by atoms with E-state index < -0.39 is 0 Å². The van der Waals surface area contributed by atoms with Crippen molar-refractivity contribution in [3.63, 3.8) is 0 Å². The van der Waals surface area contributed by atoms with Crippen molar-refractivity contribution in [2.75, 3.05) is 11.4 Å². The van der Waals surface area contributed by atoms with E-state index >= 15 is 0 Å². The second-order valence-electron chi connectivity index (χ2n) is 5.81. The molecule has 0 fully saturated rings. The van der Waals surface area contributed by atoms with E-state index in [0.717, 1.165) is 29.8 Å². The van der Waals surface area contributed by atoms with Crippen LogP contribution in [0.25, 0.3) is 16.9 Å². The molecule has 0 radical (unpaired) electrons. The number of rotatable bonds is 5. The molecule has 0 aliphatic rings. The highest BCUT2D eigenvalue weighted by Crippen LogP contribution is 2.26. The Hall–Kier alpha value is -3.20. The van der Waals surface area contributed by atoms with Crippen LogP contribution in [0.2, 0.25) is 0 Å². The van der Waals surface area contributed by atoms with Gasteiger partial charge in [-0.15, -0.1) is 0 Å². The summed E-state index contributed by atoms with van der Waals surface area (Å²) in [5.41, 5.74) is 3.56. The van der Waals surface area contributed by atoms with Gasteiger partial charge in [-0.3, -0.25) is 4.79 Å². The number of fused-ring (bicyclic) bond motifs is 1. The Morgan fingerprint density at radius 1 is 1.36 bits per heavy atom. The van der Waals surface area contributed by atoms with Gasteiger partial charge < -0.3 is 4.90 Å². The van der Waals surface area contributed by atoms with Gasteiger partial charge in [-0.2, -0.15) is 10.4 Å². The maximum absolute atomic E-state index is 12.0. The maximum Gasteiger partial charge on any atom is 0.223 e. The summed E-state index contributed by atoms with van der Waals surface area (Å²) in [7, 11) is 0. The Labute approximate surface area is 146 Å². The molecule has 0 N–H and O–H groups in total. The van der Waals surface area contributed by atoms with E-state index in [1.807, 2.05) is 30.3 Å². The van der Waals surface area contributed by atoms with Gasteiger partial charge in [0, 0.05) is 30.9 Å². The van der Waals surface area contributed by atoms with Crippen LogP contribution in [-0.4, -0.2) is 27.0 Å². The van der Waals surface area contributed by atoms with Crippen LogP contribution in [0.4, 0.5) is 5.69 Å². The number of anilines is 1. The number of carbonyl (C=O) groups excluding carboxylic acids is 1. The Morgan fingerprint density at radius 3 is 2.92 bits per heavy atom. The van der Waals surface area contributed by atoms with Crippen LogP contribution in [0.5, 0.6) is 0 Å². The zero-order chi connectivity index (χ0) is 17.8. The van der Waals surface area contributed by atoms with Crippen molar-refractivity contribution in [3.05, 3.63) is 48.3 Å². The monoisotopic (exact) mass is 333 g/mol. The van der Waals surface area contributed by atoms with Gasteiger partial charge in [0.25, 0.3) is 0 Å². The topological polar surface area (TPSA) is 74.3 Å². The van der Waals surface area contributed by atoms with E-state index in [2.05, 4.69) is 23.1 Å². The highest BCUT2D eigenvalue weighted by Gasteiger charge is 2.14. The molecule has 1 aromatic carbocycles. The Morgan fingerprint density at radius 2 is 2.20 bits per heavy atom. The molecule has 0 unspecified atom stereocenters. The minimum Gasteiger partial charge on any atom is -0.313 e. The van der Waals surface area contributed by atoms with E-state index in [9.17, 15) is 4.79 Å². The third-order valence-electron chi connectivity index (χ3n) is 4.09. The lowest BCUT2D eigenvalue weighted by molar-refractivity contribution is -0.116. The third kappa shape index (κ3) is 3.22. The summed E-state index contributed by atoms with van der Waals surface area (Å²) < 4.78 is 1.65. The first-order valence-corrected chi connectivity index (χ1v) is 8.27. The SMILES string of the molecule is CCCCN(C(C)=O)c1cccc(-c2ccnc3c(C#N)cnn23)c1. The summed E-state index contributed by atoms with van der Waals surface area (Å²) in [4.78, 5) is 18.0. The van der Waals surface area contributed by atoms with Crippen LogP contribution >= 0.6 is 0 Å². The van der Waals surface area contributed by atoms with Crippen LogP contribution in [0.1, 0.15) is 32.3 Å². The van der Waals surface area contributed by atoms with E-state index in [0.29, 0.717) is 17.8 Å². The molecule has 126 valence electrons. The molecule has 3 aromatic rings. The third-order valence-corrected chi connectivity index (χ3v) is 4.09. The van der Waals surface area contributed by atoms with E-state index in [1.165, 1.54) is 6.20 Å². The Bertz CT molecular complexity index is 954. The molecular weight excluding hydrogens is 314 g/mol. The molecule has 6 nitrogen and oxygen atoms in total. The summed E-state index contributed by atoms with van der Waals surface area (Å²) in [6.07, 6.45) is 5.16. The summed E-state index contributed by atoms with van der Waals surface area (Å²) in [5, 5.41) is 13.4. The predicted molar refractivity (Wildman–Crippen MR) is 96.1 cm³/mol. The number of nitriles is 1. The molecule has 2 heterocycles. The normalized spacial score (nSPS) is 10.6. The Balaban J connectivity index is 2.06. The maximum atomic E-state index is 12.0. The van der Waals surface area contributed by atoms with Crippen LogP contribution in [-0.2, 0) is 4.79 Å². The van der Waals surface area contributed by atoms with Gasteiger partial charge >= 0.3 is 0 Å². The number of hydrogen-bond donors (Lipinski definition) is 0. The van der Waals surface area contributed by atoms with Crippen LogP contribution in [0.3, 0.4) is 0 Å². The highest BCUT2D eigenvalue weighted by atomic mass is 16.2. The summed E-state index contributed by atoms with van der Waals surface area (Å²) >= 11 is 0. The molecule has 0 bridgehead atoms. The fraction of sp³-hybridized carbons (Fsp3) is 0.263. The van der Waals surface area contributed by atoms with Gasteiger partial charge in [0.1, 0.15) is 11.6 Å². The summed E-state index contributed by atoms with van der Waals surface area (Å²) in [6, 6.07) is 11.7. The fourth-order valence-electron chi connectivity index (χ4n) is 2.81. The summed E-state index contributed by atoms with van der Waals surface area (Å²) in [6.45, 7) is 4.38. The molecule has 1 amide bonds. The predicted octanol–water partition coefficient (Wildman–Crippen LogP) is 3.42. The second kappa shape index (κ2) is 7.14. The first kappa shape index (κ1) is 16.7. The van der Waals surface area contributed by atoms with Crippen molar-refractivity contribution in [1.29, 1.82) is 5.26 Å². The molecule has 0 aliphatic heterocycles. The zero-order valence-corrected chi connectivity index (χ0v) is 14.3. The number of benzene rings is 1. The van der Waals surface area contributed by atoms with Gasteiger partial charge in [-0.25, -0.2) is 9.50 Å². The Kier molecular flexibility index (Phi) is 4.75. The van der Waals surface area contributed by atoms with Crippen LogP contribution < -0.4 is 4.90 Å². The van der Waals surface area contributed by atoms with E-state index in [4.69, 9.17) is 5.26 Å². The van der Waals surface area contributed by atoms with Crippen molar-refractivity contribution in [3.8, 4) is 17.3 Å². The van der Waals surface area contributed by atoms with Crippen molar-refractivity contribution in [2.45, 2.75) is 26.7 Å². The molecule has 0 atom stereocenters. The van der Waals surface area contributed by atoms with Crippen LogP contribution in [0, 0.1) is 11.3 Å². The van der Waals surface area contributed by atoms with Crippen molar-refractivity contribution in [2.24, 2.45) is 0 Å². The first-order valence-electron chi connectivity index (χ1n) is 8.27. The molecule has 0 saturated heterocycles. The number of amides is 1. The van der Waals surface area contributed by atoms with Crippen molar-refractivity contribution >= 4 is 17.2 Å². The quantitative estimate of drug-likeness (QED) is 0.717. The number of hydrogen-bond acceptors (Lipinski definition) is 4. The van der Waals surface area contributed by atoms with Gasteiger partial charge in [0.15, 0.2) is 5.65 Å². The molecule has 25 heavy (non-hydrogen) atoms. The number of aromatic nitrogens is 3. The minimum absolute atomic E-state index is 0.0244.